The van der Waals surface area contributed by atoms with E-state index in [1.807, 2.05) is 25.1 Å². The van der Waals surface area contributed by atoms with Crippen LogP contribution in [-0.4, -0.2) is 29.0 Å². The Balaban J connectivity index is 1.26. The molecule has 6 rings (SSSR count). The van der Waals surface area contributed by atoms with Crippen LogP contribution in [0.15, 0.2) is 76.6 Å². The number of benzene rings is 1. The zero-order valence-electron chi connectivity index (χ0n) is 26.3. The number of hydrogen-bond acceptors (Lipinski definition) is 3. The lowest BCUT2D eigenvalue weighted by Gasteiger charge is -2.70. The minimum absolute atomic E-state index is 0.0244. The van der Waals surface area contributed by atoms with Gasteiger partial charge in [0, 0.05) is 23.1 Å². The van der Waals surface area contributed by atoms with Crippen LogP contribution in [-0.2, 0) is 11.2 Å². The van der Waals surface area contributed by atoms with Crippen molar-refractivity contribution < 1.29 is 14.7 Å². The molecule has 0 saturated heterocycles. The van der Waals surface area contributed by atoms with Gasteiger partial charge in [-0.2, -0.15) is 0 Å². The molecule has 5 aliphatic rings. The summed E-state index contributed by atoms with van der Waals surface area (Å²) < 4.78 is 0. The summed E-state index contributed by atoms with van der Waals surface area (Å²) in [6.07, 6.45) is 14.5. The Labute approximate surface area is 251 Å². The number of urea groups is 1. The lowest BCUT2D eigenvalue weighted by Crippen LogP contribution is -2.64. The van der Waals surface area contributed by atoms with Crippen molar-refractivity contribution in [2.75, 3.05) is 6.54 Å². The van der Waals surface area contributed by atoms with Crippen LogP contribution in [0.25, 0.3) is 0 Å². The number of carbonyl (C=O) groups is 2. The molecule has 42 heavy (non-hydrogen) atoms. The van der Waals surface area contributed by atoms with E-state index in [0.717, 1.165) is 56.1 Å². The number of aliphatic hydroxyl groups excluding tert-OH is 1. The van der Waals surface area contributed by atoms with Crippen LogP contribution < -0.4 is 10.6 Å². The number of allylic oxidation sites excluding steroid dienone is 7. The van der Waals surface area contributed by atoms with Crippen LogP contribution in [0.2, 0.25) is 0 Å². The Bertz CT molecular complexity index is 1450. The van der Waals surface area contributed by atoms with Crippen molar-refractivity contribution in [3.8, 4) is 0 Å². The summed E-state index contributed by atoms with van der Waals surface area (Å²) in [5.74, 6) is 0.0763. The van der Waals surface area contributed by atoms with E-state index < -0.39 is 0 Å². The van der Waals surface area contributed by atoms with Crippen molar-refractivity contribution in [2.45, 2.75) is 98.4 Å². The first-order chi connectivity index (χ1) is 19.7. The van der Waals surface area contributed by atoms with Gasteiger partial charge in [0.25, 0.3) is 0 Å². The number of fused-ring (bicyclic) bond motifs is 7. The van der Waals surface area contributed by atoms with Gasteiger partial charge in [0.2, 0.25) is 5.78 Å². The number of hydrogen-bond donors (Lipinski definition) is 3. The van der Waals surface area contributed by atoms with E-state index in [2.05, 4.69) is 69.5 Å². The molecule has 5 aliphatic carbocycles. The van der Waals surface area contributed by atoms with E-state index in [-0.39, 0.29) is 44.8 Å². The highest BCUT2D eigenvalue weighted by Crippen LogP contribution is 2.75. The highest BCUT2D eigenvalue weighted by atomic mass is 16.3. The van der Waals surface area contributed by atoms with E-state index in [1.54, 1.807) is 6.08 Å². The Hall–Kier alpha value is -3.08. The minimum atomic E-state index is -0.270. The molecule has 0 unspecified atom stereocenters. The number of nitrogens with one attached hydrogen (secondary N) is 2. The van der Waals surface area contributed by atoms with Gasteiger partial charge < -0.3 is 15.7 Å². The number of aliphatic hydroxyl groups is 1. The van der Waals surface area contributed by atoms with E-state index in [4.69, 9.17) is 0 Å². The Morgan fingerprint density at radius 3 is 2.40 bits per heavy atom. The molecule has 5 nitrogen and oxygen atoms in total. The molecule has 0 bridgehead atoms. The summed E-state index contributed by atoms with van der Waals surface area (Å²) in [7, 11) is 0. The minimum Gasteiger partial charge on any atom is -0.504 e. The van der Waals surface area contributed by atoms with Crippen LogP contribution in [0.3, 0.4) is 0 Å². The van der Waals surface area contributed by atoms with E-state index >= 15 is 0 Å². The molecule has 1 aromatic rings. The highest BCUT2D eigenvalue weighted by molar-refractivity contribution is 6.06. The van der Waals surface area contributed by atoms with Crippen LogP contribution >= 0.6 is 0 Å². The topological polar surface area (TPSA) is 78.4 Å². The number of ketones is 1. The zero-order valence-corrected chi connectivity index (χ0v) is 26.3. The van der Waals surface area contributed by atoms with Crippen LogP contribution in [0.1, 0.15) is 92.1 Å². The van der Waals surface area contributed by atoms with Crippen molar-refractivity contribution in [3.63, 3.8) is 0 Å². The Morgan fingerprint density at radius 2 is 1.67 bits per heavy atom. The maximum atomic E-state index is 13.1. The third kappa shape index (κ3) is 4.25. The van der Waals surface area contributed by atoms with Gasteiger partial charge in [-0.25, -0.2) is 4.79 Å². The molecule has 0 radical (unpaired) electrons. The number of amides is 2. The molecule has 0 aliphatic heterocycles. The van der Waals surface area contributed by atoms with Gasteiger partial charge in [-0.05, 0) is 110 Å². The summed E-state index contributed by atoms with van der Waals surface area (Å²) in [6, 6.07) is 10.2. The van der Waals surface area contributed by atoms with Crippen molar-refractivity contribution >= 4 is 11.8 Å². The van der Waals surface area contributed by atoms with Gasteiger partial charge in [-0.1, -0.05) is 75.8 Å². The first kappa shape index (κ1) is 29.0. The van der Waals surface area contributed by atoms with Crippen LogP contribution in [0.4, 0.5) is 4.79 Å². The largest absolute Gasteiger partial charge is 0.504 e. The molecule has 1 aromatic carbocycles. The number of rotatable bonds is 4. The fourth-order valence-corrected chi connectivity index (χ4v) is 9.85. The van der Waals surface area contributed by atoms with Crippen molar-refractivity contribution in [1.82, 2.24) is 10.6 Å². The standard InChI is InChI=1S/C37H48N2O3/c1-24-26-12-13-29-35(4,27(26)22-28(40)31(24)41)18-20-37(6)30-23-34(3,17-15-33(30,2)16-19-36(29,37)5)39-32(42)38-21-14-25-10-8-7-9-11-25/h7-13,22,30,41H,14-21,23H2,1-6H3,(H2,38,39,42)/t30-,33-,34-,35+,36-,37+/m1/s1. The molecule has 0 aromatic heterocycles. The predicted molar refractivity (Wildman–Crippen MR) is 168 cm³/mol. The molecule has 2 amide bonds. The quantitative estimate of drug-likeness (QED) is 0.345. The normalized spacial score (nSPS) is 39.0. The average molecular weight is 569 g/mol. The van der Waals surface area contributed by atoms with Gasteiger partial charge >= 0.3 is 6.03 Å². The fraction of sp³-hybridized carbons (Fsp3) is 0.568. The lowest BCUT2D eigenvalue weighted by molar-refractivity contribution is -0.152. The van der Waals surface area contributed by atoms with Crippen LogP contribution in [0.5, 0.6) is 0 Å². The van der Waals surface area contributed by atoms with Crippen molar-refractivity contribution in [2.24, 2.45) is 27.6 Å². The lowest BCUT2D eigenvalue weighted by atomic mass is 9.35. The van der Waals surface area contributed by atoms with E-state index in [9.17, 15) is 14.7 Å². The second-order valence-corrected chi connectivity index (χ2v) is 15.2. The molecular formula is C37H48N2O3. The van der Waals surface area contributed by atoms with E-state index in [1.165, 1.54) is 17.6 Å². The van der Waals surface area contributed by atoms with Crippen LogP contribution in [0, 0.1) is 27.6 Å². The smallest absolute Gasteiger partial charge is 0.315 e. The molecule has 3 N–H and O–H groups in total. The molecule has 3 fully saturated rings. The van der Waals surface area contributed by atoms with Gasteiger partial charge in [0.15, 0.2) is 5.76 Å². The first-order valence-corrected chi connectivity index (χ1v) is 15.9. The third-order valence-electron chi connectivity index (χ3n) is 12.8. The molecule has 0 spiro atoms. The zero-order chi connectivity index (χ0) is 30.1. The van der Waals surface area contributed by atoms with Gasteiger partial charge in [-0.3, -0.25) is 4.79 Å². The summed E-state index contributed by atoms with van der Waals surface area (Å²) >= 11 is 0. The summed E-state index contributed by atoms with van der Waals surface area (Å²) in [5.41, 5.74) is 5.27. The predicted octanol–water partition coefficient (Wildman–Crippen LogP) is 7.91. The SMILES string of the molecule is CC1=C(O)C(=O)C=C2C1=CC=C1[C@@]2(C)CC[C@@]2(C)[C@@H]3C[C@](C)(NC(=O)NCCc4ccccc4)CC[C@]3(C)CC[C@]12C. The third-order valence-corrected chi connectivity index (χ3v) is 12.8. The van der Waals surface area contributed by atoms with Gasteiger partial charge in [-0.15, -0.1) is 0 Å². The Kier molecular flexibility index (Phi) is 6.71. The van der Waals surface area contributed by atoms with Crippen molar-refractivity contribution in [3.05, 3.63) is 82.2 Å². The first-order valence-electron chi connectivity index (χ1n) is 15.9. The molecule has 0 heterocycles. The summed E-state index contributed by atoms with van der Waals surface area (Å²) in [4.78, 5) is 25.9. The van der Waals surface area contributed by atoms with Gasteiger partial charge in [0.05, 0.1) is 0 Å². The average Bonchev–Trinajstić information content (AvgIpc) is 2.95. The molecule has 6 atom stereocenters. The Morgan fingerprint density at radius 1 is 0.952 bits per heavy atom. The highest BCUT2D eigenvalue weighted by Gasteiger charge is 2.66. The summed E-state index contributed by atoms with van der Waals surface area (Å²) in [6.45, 7) is 14.6. The van der Waals surface area contributed by atoms with Gasteiger partial charge in [0.1, 0.15) is 0 Å². The van der Waals surface area contributed by atoms with E-state index in [0.29, 0.717) is 18.0 Å². The summed E-state index contributed by atoms with van der Waals surface area (Å²) in [5, 5.41) is 16.9. The monoisotopic (exact) mass is 568 g/mol. The maximum absolute atomic E-state index is 13.1. The maximum Gasteiger partial charge on any atom is 0.315 e. The molecule has 5 heteroatoms. The number of carbonyl (C=O) groups excluding carboxylic acids is 2. The molecule has 3 saturated carbocycles. The second kappa shape index (κ2) is 9.72. The fourth-order valence-electron chi connectivity index (χ4n) is 9.85. The molecule has 224 valence electrons. The second-order valence-electron chi connectivity index (χ2n) is 15.2. The van der Waals surface area contributed by atoms with Crippen molar-refractivity contribution in [1.29, 1.82) is 0 Å². The molecular weight excluding hydrogens is 520 g/mol.